The fraction of sp³-hybridized carbons (Fsp3) is 0.533. The van der Waals surface area contributed by atoms with Crippen molar-refractivity contribution in [2.24, 2.45) is 0 Å². The Bertz CT molecular complexity index is 389. The number of alkyl halides is 3. The van der Waals surface area contributed by atoms with Gasteiger partial charge in [0.1, 0.15) is 0 Å². The molecule has 4 heteroatoms. The van der Waals surface area contributed by atoms with Gasteiger partial charge >= 0.3 is 6.18 Å². The molecule has 0 fully saturated rings. The first-order valence-electron chi connectivity index (χ1n) is 6.50. The first-order valence-corrected chi connectivity index (χ1v) is 6.50. The van der Waals surface area contributed by atoms with Gasteiger partial charge in [0, 0.05) is 0 Å². The van der Waals surface area contributed by atoms with Crippen molar-refractivity contribution in [1.29, 1.82) is 5.26 Å². The second-order valence-corrected chi connectivity index (χ2v) is 3.55. The molecule has 0 radical (unpaired) electrons. The molecule has 0 aromatic heterocycles. The molecule has 0 bridgehead atoms. The lowest BCUT2D eigenvalue weighted by Crippen LogP contribution is -2.08. The van der Waals surface area contributed by atoms with Crippen LogP contribution in [0.15, 0.2) is 18.2 Å². The maximum Gasteiger partial charge on any atom is 0.417 e. The van der Waals surface area contributed by atoms with E-state index in [2.05, 4.69) is 13.8 Å². The third-order valence-electron chi connectivity index (χ3n) is 1.92. The van der Waals surface area contributed by atoms with Crippen molar-refractivity contribution in [2.45, 2.75) is 53.6 Å². The molecule has 108 valence electrons. The Morgan fingerprint density at radius 2 is 1.58 bits per heavy atom. The minimum atomic E-state index is -4.45. The molecule has 19 heavy (non-hydrogen) atoms. The van der Waals surface area contributed by atoms with Crippen LogP contribution < -0.4 is 0 Å². The van der Waals surface area contributed by atoms with E-state index in [0.717, 1.165) is 6.07 Å². The van der Waals surface area contributed by atoms with Crippen molar-refractivity contribution >= 4 is 0 Å². The van der Waals surface area contributed by atoms with Crippen molar-refractivity contribution in [3.8, 4) is 6.07 Å². The molecular weight excluding hydrogens is 251 g/mol. The molecule has 0 aliphatic rings. The first kappa shape index (κ1) is 19.8. The van der Waals surface area contributed by atoms with Crippen LogP contribution in [-0.2, 0) is 12.6 Å². The van der Waals surface area contributed by atoms with Gasteiger partial charge in [0.05, 0.1) is 17.2 Å². The van der Waals surface area contributed by atoms with E-state index < -0.39 is 11.7 Å². The van der Waals surface area contributed by atoms with Crippen molar-refractivity contribution in [3.05, 3.63) is 34.9 Å². The minimum absolute atomic E-state index is 0.324. The molecular formula is C15H22F3N. The van der Waals surface area contributed by atoms with Crippen LogP contribution in [0, 0.1) is 11.3 Å². The van der Waals surface area contributed by atoms with E-state index in [9.17, 15) is 13.2 Å². The minimum Gasteiger partial charge on any atom is -0.192 e. The van der Waals surface area contributed by atoms with Gasteiger partial charge in [0.2, 0.25) is 0 Å². The molecule has 1 aromatic carbocycles. The van der Waals surface area contributed by atoms with Gasteiger partial charge in [-0.3, -0.25) is 0 Å². The van der Waals surface area contributed by atoms with Crippen molar-refractivity contribution in [3.63, 3.8) is 0 Å². The summed E-state index contributed by atoms with van der Waals surface area (Å²) in [6, 6.07) is 5.31. The molecule has 0 unspecified atom stereocenters. The van der Waals surface area contributed by atoms with E-state index in [0.29, 0.717) is 12.0 Å². The molecule has 0 saturated carbocycles. The molecule has 0 amide bonds. The molecule has 0 atom stereocenters. The lowest BCUT2D eigenvalue weighted by Gasteiger charge is -2.09. The molecule has 0 N–H and O–H groups in total. The zero-order chi connectivity index (χ0) is 15.5. The smallest absolute Gasteiger partial charge is 0.192 e. The number of halogens is 3. The van der Waals surface area contributed by atoms with Crippen LogP contribution in [0.5, 0.6) is 0 Å². The normalized spacial score (nSPS) is 9.42. The number of benzene rings is 1. The number of nitriles is 1. The number of aryl methyl sites for hydroxylation is 1. The van der Waals surface area contributed by atoms with E-state index in [1.807, 2.05) is 13.8 Å². The Balaban J connectivity index is 0. The van der Waals surface area contributed by atoms with Gasteiger partial charge in [0.15, 0.2) is 0 Å². The standard InChI is InChI=1S/C10H8F3N.C3H8.C2H6/c1-2-7-3-4-8(6-14)9(5-7)10(11,12)13;1-3-2;1-2/h3-5H,2H2,1H3;3H2,1-2H3;1-2H3. The van der Waals surface area contributed by atoms with Crippen LogP contribution in [-0.4, -0.2) is 0 Å². The summed E-state index contributed by atoms with van der Waals surface area (Å²) in [5.41, 5.74) is -0.592. The molecule has 0 aliphatic heterocycles. The monoisotopic (exact) mass is 273 g/mol. The highest BCUT2D eigenvalue weighted by atomic mass is 19.4. The van der Waals surface area contributed by atoms with Crippen LogP contribution in [0.25, 0.3) is 0 Å². The summed E-state index contributed by atoms with van der Waals surface area (Å²) < 4.78 is 37.2. The summed E-state index contributed by atoms with van der Waals surface area (Å²) in [5, 5.41) is 8.50. The van der Waals surface area contributed by atoms with E-state index in [1.54, 1.807) is 6.92 Å². The summed E-state index contributed by atoms with van der Waals surface area (Å²) in [7, 11) is 0. The number of nitrogens with zero attached hydrogens (tertiary/aromatic N) is 1. The average molecular weight is 273 g/mol. The van der Waals surface area contributed by atoms with Crippen molar-refractivity contribution < 1.29 is 13.2 Å². The van der Waals surface area contributed by atoms with Gasteiger partial charge in [-0.1, -0.05) is 47.1 Å². The molecule has 1 aromatic rings. The lowest BCUT2D eigenvalue weighted by molar-refractivity contribution is -0.137. The Kier molecular flexibility index (Phi) is 10.9. The zero-order valence-corrected chi connectivity index (χ0v) is 12.2. The summed E-state index contributed by atoms with van der Waals surface area (Å²) in [5.74, 6) is 0. The Labute approximate surface area is 114 Å². The largest absolute Gasteiger partial charge is 0.417 e. The van der Waals surface area contributed by atoms with Crippen LogP contribution >= 0.6 is 0 Å². The van der Waals surface area contributed by atoms with Gasteiger partial charge in [-0.25, -0.2) is 0 Å². The van der Waals surface area contributed by atoms with Crippen molar-refractivity contribution in [2.75, 3.05) is 0 Å². The molecule has 0 aliphatic carbocycles. The summed E-state index contributed by atoms with van der Waals surface area (Å²) in [4.78, 5) is 0. The van der Waals surface area contributed by atoms with Crippen molar-refractivity contribution in [1.82, 2.24) is 0 Å². The number of rotatable bonds is 1. The van der Waals surface area contributed by atoms with Crippen LogP contribution in [0.2, 0.25) is 0 Å². The van der Waals surface area contributed by atoms with E-state index >= 15 is 0 Å². The fourth-order valence-corrected chi connectivity index (χ4v) is 1.14. The molecule has 0 spiro atoms. The SMILES string of the molecule is CC.CCC.CCc1ccc(C#N)c(C(F)(F)F)c1. The molecule has 1 rings (SSSR count). The molecule has 0 heterocycles. The van der Waals surface area contributed by atoms with Gasteiger partial charge in [-0.05, 0) is 24.1 Å². The predicted molar refractivity (Wildman–Crippen MR) is 72.9 cm³/mol. The maximum absolute atomic E-state index is 12.4. The number of hydrogen-bond donors (Lipinski definition) is 0. The van der Waals surface area contributed by atoms with Crippen LogP contribution in [0.1, 0.15) is 57.7 Å². The van der Waals surface area contributed by atoms with Gasteiger partial charge in [-0.2, -0.15) is 18.4 Å². The van der Waals surface area contributed by atoms with Crippen LogP contribution in [0.4, 0.5) is 13.2 Å². The quantitative estimate of drug-likeness (QED) is 0.655. The third-order valence-corrected chi connectivity index (χ3v) is 1.92. The topological polar surface area (TPSA) is 23.8 Å². The zero-order valence-electron chi connectivity index (χ0n) is 12.2. The van der Waals surface area contributed by atoms with E-state index in [1.165, 1.54) is 24.6 Å². The van der Waals surface area contributed by atoms with E-state index in [4.69, 9.17) is 5.26 Å². The second kappa shape index (κ2) is 10.4. The fourth-order valence-electron chi connectivity index (χ4n) is 1.14. The highest BCUT2D eigenvalue weighted by Gasteiger charge is 2.33. The summed E-state index contributed by atoms with van der Waals surface area (Å²) in [6.45, 7) is 10.0. The van der Waals surface area contributed by atoms with E-state index in [-0.39, 0.29) is 5.56 Å². The third kappa shape index (κ3) is 7.50. The van der Waals surface area contributed by atoms with Gasteiger partial charge in [-0.15, -0.1) is 0 Å². The van der Waals surface area contributed by atoms with Gasteiger partial charge in [0.25, 0.3) is 0 Å². The Morgan fingerprint density at radius 1 is 1.11 bits per heavy atom. The maximum atomic E-state index is 12.4. The highest BCUT2D eigenvalue weighted by molar-refractivity contribution is 5.42. The van der Waals surface area contributed by atoms with Gasteiger partial charge < -0.3 is 0 Å². The lowest BCUT2D eigenvalue weighted by atomic mass is 10.0. The Morgan fingerprint density at radius 3 is 1.89 bits per heavy atom. The predicted octanol–water partition coefficient (Wildman–Crippen LogP) is 5.58. The summed E-state index contributed by atoms with van der Waals surface area (Å²) >= 11 is 0. The first-order chi connectivity index (χ1) is 8.90. The highest BCUT2D eigenvalue weighted by Crippen LogP contribution is 2.32. The van der Waals surface area contributed by atoms with Crippen LogP contribution in [0.3, 0.4) is 0 Å². The second-order valence-electron chi connectivity index (χ2n) is 3.55. The molecule has 1 nitrogen and oxygen atoms in total. The average Bonchev–Trinajstić information content (AvgIpc) is 2.40. The summed E-state index contributed by atoms with van der Waals surface area (Å²) in [6.07, 6.45) is -2.68. The molecule has 0 saturated heterocycles. The Hall–Kier alpha value is -1.50. The number of hydrogen-bond acceptors (Lipinski definition) is 1.